The van der Waals surface area contributed by atoms with Gasteiger partial charge < -0.3 is 4.90 Å². The Bertz CT molecular complexity index is 546. The van der Waals surface area contributed by atoms with E-state index in [-0.39, 0.29) is 5.91 Å². The number of carbonyl (C=O) groups excluding carboxylic acids is 1. The van der Waals surface area contributed by atoms with Gasteiger partial charge in [0.1, 0.15) is 0 Å². The monoisotopic (exact) mass is 271 g/mol. The average Bonchev–Trinajstić information content (AvgIpc) is 3.03. The topological polar surface area (TPSA) is 65.1 Å². The lowest BCUT2D eigenvalue weighted by atomic mass is 10.2. The lowest BCUT2D eigenvalue weighted by molar-refractivity contribution is 0.0627. The van der Waals surface area contributed by atoms with Crippen molar-refractivity contribution in [2.24, 2.45) is 0 Å². The molecule has 20 heavy (non-hydrogen) atoms. The molecule has 1 saturated heterocycles. The van der Waals surface area contributed by atoms with Gasteiger partial charge in [0.25, 0.3) is 5.91 Å². The maximum atomic E-state index is 12.2. The molecule has 3 heterocycles. The van der Waals surface area contributed by atoms with E-state index in [9.17, 15) is 4.79 Å². The van der Waals surface area contributed by atoms with Gasteiger partial charge in [-0.15, -0.1) is 0 Å². The zero-order valence-electron chi connectivity index (χ0n) is 11.2. The fourth-order valence-corrected chi connectivity index (χ4v) is 2.38. The van der Waals surface area contributed by atoms with Crippen molar-refractivity contribution in [1.29, 1.82) is 0 Å². The number of nitrogens with zero attached hydrogens (tertiary/aromatic N) is 4. The van der Waals surface area contributed by atoms with Gasteiger partial charge in [0.15, 0.2) is 0 Å². The number of pyridine rings is 1. The van der Waals surface area contributed by atoms with Crippen molar-refractivity contribution in [2.75, 3.05) is 26.2 Å². The summed E-state index contributed by atoms with van der Waals surface area (Å²) in [4.78, 5) is 20.7. The number of aromatic amines is 1. The fraction of sp³-hybridized carbons (Fsp3) is 0.357. The van der Waals surface area contributed by atoms with Gasteiger partial charge in [-0.2, -0.15) is 5.10 Å². The van der Waals surface area contributed by atoms with Gasteiger partial charge in [-0.25, -0.2) is 0 Å². The highest BCUT2D eigenvalue weighted by molar-refractivity contribution is 5.93. The van der Waals surface area contributed by atoms with Crippen molar-refractivity contribution in [3.8, 4) is 0 Å². The summed E-state index contributed by atoms with van der Waals surface area (Å²) in [7, 11) is 0. The van der Waals surface area contributed by atoms with Crippen LogP contribution < -0.4 is 0 Å². The molecule has 0 atom stereocenters. The van der Waals surface area contributed by atoms with E-state index in [0.29, 0.717) is 5.56 Å². The number of rotatable bonds is 3. The second kappa shape index (κ2) is 5.83. The number of amides is 1. The van der Waals surface area contributed by atoms with E-state index in [1.807, 2.05) is 29.3 Å². The van der Waals surface area contributed by atoms with Gasteiger partial charge in [0.2, 0.25) is 0 Å². The number of aromatic nitrogens is 3. The second-order valence-electron chi connectivity index (χ2n) is 4.88. The number of carbonyl (C=O) groups is 1. The molecule has 0 unspecified atom stereocenters. The zero-order chi connectivity index (χ0) is 13.8. The lowest BCUT2D eigenvalue weighted by Crippen LogP contribution is -2.48. The standard InChI is InChI=1S/C14H17N5O/c20-14(12-9-16-17-10-12)19-7-5-18(6-8-19)11-13-3-1-2-4-15-13/h1-4,9-10H,5-8,11H2,(H,16,17). The van der Waals surface area contributed by atoms with Gasteiger partial charge in [-0.3, -0.25) is 19.8 Å². The molecule has 1 fully saturated rings. The van der Waals surface area contributed by atoms with Crippen molar-refractivity contribution in [3.63, 3.8) is 0 Å². The van der Waals surface area contributed by atoms with Gasteiger partial charge in [0.05, 0.1) is 17.5 Å². The molecule has 2 aromatic heterocycles. The first-order valence-corrected chi connectivity index (χ1v) is 6.73. The molecular weight excluding hydrogens is 254 g/mol. The van der Waals surface area contributed by atoms with E-state index in [1.54, 1.807) is 12.4 Å². The molecule has 1 aliphatic rings. The van der Waals surface area contributed by atoms with E-state index in [2.05, 4.69) is 20.1 Å². The number of nitrogens with one attached hydrogen (secondary N) is 1. The minimum absolute atomic E-state index is 0.0521. The third kappa shape index (κ3) is 2.85. The molecule has 0 radical (unpaired) electrons. The second-order valence-corrected chi connectivity index (χ2v) is 4.88. The van der Waals surface area contributed by atoms with Crippen molar-refractivity contribution in [1.82, 2.24) is 25.0 Å². The predicted molar refractivity (Wildman–Crippen MR) is 74.0 cm³/mol. The maximum absolute atomic E-state index is 12.2. The first-order valence-electron chi connectivity index (χ1n) is 6.73. The molecule has 3 rings (SSSR count). The number of piperazine rings is 1. The maximum Gasteiger partial charge on any atom is 0.257 e. The smallest absolute Gasteiger partial charge is 0.257 e. The summed E-state index contributed by atoms with van der Waals surface area (Å²) in [6.45, 7) is 4.09. The van der Waals surface area contributed by atoms with E-state index in [1.165, 1.54) is 0 Å². The highest BCUT2D eigenvalue weighted by Crippen LogP contribution is 2.09. The summed E-state index contributed by atoms with van der Waals surface area (Å²) in [5, 5.41) is 6.49. The molecule has 0 bridgehead atoms. The van der Waals surface area contributed by atoms with Crippen LogP contribution >= 0.6 is 0 Å². The summed E-state index contributed by atoms with van der Waals surface area (Å²) in [6.07, 6.45) is 5.03. The summed E-state index contributed by atoms with van der Waals surface area (Å²) >= 11 is 0. The van der Waals surface area contributed by atoms with E-state index in [4.69, 9.17) is 0 Å². The zero-order valence-corrected chi connectivity index (χ0v) is 11.2. The van der Waals surface area contributed by atoms with Gasteiger partial charge in [-0.1, -0.05) is 6.07 Å². The van der Waals surface area contributed by atoms with Crippen LogP contribution in [0.1, 0.15) is 16.1 Å². The van der Waals surface area contributed by atoms with E-state index in [0.717, 1.165) is 38.4 Å². The van der Waals surface area contributed by atoms with Gasteiger partial charge >= 0.3 is 0 Å². The molecule has 1 aliphatic heterocycles. The minimum atomic E-state index is 0.0521. The minimum Gasteiger partial charge on any atom is -0.336 e. The summed E-state index contributed by atoms with van der Waals surface area (Å²) in [6, 6.07) is 5.95. The Balaban J connectivity index is 1.53. The molecule has 6 heteroatoms. The molecule has 1 N–H and O–H groups in total. The van der Waals surface area contributed by atoms with Crippen LogP contribution in [-0.4, -0.2) is 57.1 Å². The lowest BCUT2D eigenvalue weighted by Gasteiger charge is -2.34. The van der Waals surface area contributed by atoms with Crippen LogP contribution in [-0.2, 0) is 6.54 Å². The third-order valence-corrected chi connectivity index (χ3v) is 3.52. The molecule has 2 aromatic rings. The highest BCUT2D eigenvalue weighted by Gasteiger charge is 2.22. The quantitative estimate of drug-likeness (QED) is 0.895. The van der Waals surface area contributed by atoms with Crippen molar-refractivity contribution in [2.45, 2.75) is 6.54 Å². The van der Waals surface area contributed by atoms with Crippen LogP contribution in [0, 0.1) is 0 Å². The normalized spacial score (nSPS) is 16.3. The van der Waals surface area contributed by atoms with Crippen molar-refractivity contribution >= 4 is 5.91 Å². The first-order chi connectivity index (χ1) is 9.83. The average molecular weight is 271 g/mol. The van der Waals surface area contributed by atoms with Gasteiger partial charge in [0, 0.05) is 45.1 Å². The van der Waals surface area contributed by atoms with Crippen LogP contribution in [0.3, 0.4) is 0 Å². The van der Waals surface area contributed by atoms with E-state index < -0.39 is 0 Å². The number of hydrogen-bond donors (Lipinski definition) is 1. The Morgan fingerprint density at radius 1 is 1.25 bits per heavy atom. The summed E-state index contributed by atoms with van der Waals surface area (Å²) in [5.41, 5.74) is 1.70. The fourth-order valence-electron chi connectivity index (χ4n) is 2.38. The van der Waals surface area contributed by atoms with Crippen LogP contribution in [0.5, 0.6) is 0 Å². The van der Waals surface area contributed by atoms with Crippen molar-refractivity contribution < 1.29 is 4.79 Å². The SMILES string of the molecule is O=C(c1cn[nH]c1)N1CCN(Cc2ccccn2)CC1. The Labute approximate surface area is 117 Å². The Morgan fingerprint density at radius 3 is 2.75 bits per heavy atom. The van der Waals surface area contributed by atoms with Crippen LogP contribution in [0.2, 0.25) is 0 Å². The molecular formula is C14H17N5O. The first kappa shape index (κ1) is 12.8. The Hall–Kier alpha value is -2.21. The molecule has 0 saturated carbocycles. The Kier molecular flexibility index (Phi) is 3.73. The number of hydrogen-bond acceptors (Lipinski definition) is 4. The summed E-state index contributed by atoms with van der Waals surface area (Å²) < 4.78 is 0. The largest absolute Gasteiger partial charge is 0.336 e. The third-order valence-electron chi connectivity index (χ3n) is 3.52. The van der Waals surface area contributed by atoms with Crippen LogP contribution in [0.4, 0.5) is 0 Å². The molecule has 0 spiro atoms. The Morgan fingerprint density at radius 2 is 2.10 bits per heavy atom. The molecule has 104 valence electrons. The molecule has 6 nitrogen and oxygen atoms in total. The summed E-state index contributed by atoms with van der Waals surface area (Å²) in [5.74, 6) is 0.0521. The van der Waals surface area contributed by atoms with Crippen LogP contribution in [0.15, 0.2) is 36.8 Å². The number of H-pyrrole nitrogens is 1. The molecule has 1 amide bonds. The molecule has 0 aromatic carbocycles. The highest BCUT2D eigenvalue weighted by atomic mass is 16.2. The van der Waals surface area contributed by atoms with Crippen molar-refractivity contribution in [3.05, 3.63) is 48.0 Å². The molecule has 0 aliphatic carbocycles. The van der Waals surface area contributed by atoms with E-state index >= 15 is 0 Å². The van der Waals surface area contributed by atoms with Crippen LogP contribution in [0.25, 0.3) is 0 Å². The predicted octanol–water partition coefficient (Wildman–Crippen LogP) is 0.763. The van der Waals surface area contributed by atoms with Gasteiger partial charge in [-0.05, 0) is 12.1 Å².